The van der Waals surface area contributed by atoms with E-state index in [-0.39, 0.29) is 24.5 Å². The molecular weight excluding hydrogens is 420 g/mol. The van der Waals surface area contributed by atoms with Gasteiger partial charge in [0, 0.05) is 43.5 Å². The summed E-state index contributed by atoms with van der Waals surface area (Å²) in [6, 6.07) is 14.7. The molecule has 1 heterocycles. The molecule has 2 amide bonds. The summed E-state index contributed by atoms with van der Waals surface area (Å²) < 4.78 is 11.0. The van der Waals surface area contributed by atoms with E-state index in [1.807, 2.05) is 43.0 Å². The Labute approximate surface area is 194 Å². The lowest BCUT2D eigenvalue weighted by atomic mass is 10.1. The molecule has 1 N–H and O–H groups in total. The Morgan fingerprint density at radius 1 is 1.06 bits per heavy atom. The zero-order valence-corrected chi connectivity index (χ0v) is 19.3. The predicted molar refractivity (Wildman–Crippen MR) is 126 cm³/mol. The van der Waals surface area contributed by atoms with Gasteiger partial charge in [0.15, 0.2) is 18.1 Å². The number of rotatable bonds is 7. The summed E-state index contributed by atoms with van der Waals surface area (Å²) in [6.07, 6.45) is 0.842. The minimum absolute atomic E-state index is 0.0319. The average Bonchev–Trinajstić information content (AvgIpc) is 3.08. The Morgan fingerprint density at radius 2 is 1.82 bits per heavy atom. The largest absolute Gasteiger partial charge is 0.493 e. The molecular formula is C25H30N4O4. The summed E-state index contributed by atoms with van der Waals surface area (Å²) in [5.41, 5.74) is 2.19. The number of benzene rings is 2. The number of ether oxygens (including phenoxy) is 2. The molecule has 174 valence electrons. The van der Waals surface area contributed by atoms with Gasteiger partial charge in [0.05, 0.1) is 18.7 Å². The molecule has 2 aromatic rings. The molecule has 3 rings (SSSR count). The van der Waals surface area contributed by atoms with Crippen LogP contribution in [0.25, 0.3) is 0 Å². The molecule has 0 atom stereocenters. The van der Waals surface area contributed by atoms with Gasteiger partial charge in [0.1, 0.15) is 0 Å². The molecule has 2 aromatic carbocycles. The number of carbonyl (C=O) groups is 2. The maximum atomic E-state index is 13.2. The summed E-state index contributed by atoms with van der Waals surface area (Å²) in [4.78, 5) is 29.1. The highest BCUT2D eigenvalue weighted by Gasteiger charge is 2.22. The van der Waals surface area contributed by atoms with Crippen LogP contribution in [0.3, 0.4) is 0 Å². The van der Waals surface area contributed by atoms with Crippen molar-refractivity contribution in [3.05, 3.63) is 53.6 Å². The summed E-state index contributed by atoms with van der Waals surface area (Å²) in [5, 5.41) is 11.8. The molecule has 0 unspecified atom stereocenters. The van der Waals surface area contributed by atoms with Crippen LogP contribution in [-0.2, 0) is 4.79 Å². The van der Waals surface area contributed by atoms with Gasteiger partial charge in [-0.3, -0.25) is 9.59 Å². The summed E-state index contributed by atoms with van der Waals surface area (Å²) in [6.45, 7) is 6.43. The Balaban J connectivity index is 1.63. The third-order valence-electron chi connectivity index (χ3n) is 5.36. The van der Waals surface area contributed by atoms with E-state index in [0.29, 0.717) is 42.3 Å². The van der Waals surface area contributed by atoms with E-state index in [2.05, 4.69) is 16.3 Å². The Kier molecular flexibility index (Phi) is 8.14. The number of nitrogens with zero attached hydrogens (tertiary/aromatic N) is 3. The van der Waals surface area contributed by atoms with Crippen LogP contribution in [0, 0.1) is 11.3 Å². The van der Waals surface area contributed by atoms with Crippen LogP contribution in [0.2, 0.25) is 0 Å². The number of hydrogen-bond acceptors (Lipinski definition) is 6. The molecule has 33 heavy (non-hydrogen) atoms. The molecule has 1 saturated heterocycles. The molecule has 0 radical (unpaired) electrons. The lowest BCUT2D eigenvalue weighted by molar-refractivity contribution is -0.123. The molecule has 8 nitrogen and oxygen atoms in total. The minimum Gasteiger partial charge on any atom is -0.493 e. The monoisotopic (exact) mass is 450 g/mol. The van der Waals surface area contributed by atoms with Gasteiger partial charge in [-0.1, -0.05) is 0 Å². The third-order valence-corrected chi connectivity index (χ3v) is 5.36. The second-order valence-electron chi connectivity index (χ2n) is 8.17. The first-order valence-electron chi connectivity index (χ1n) is 11.1. The zero-order valence-electron chi connectivity index (χ0n) is 19.3. The number of amides is 2. The van der Waals surface area contributed by atoms with Crippen molar-refractivity contribution >= 4 is 17.5 Å². The maximum absolute atomic E-state index is 13.2. The second-order valence-corrected chi connectivity index (χ2v) is 8.17. The summed E-state index contributed by atoms with van der Waals surface area (Å²) in [5.74, 6) is 0.533. The highest BCUT2D eigenvalue weighted by atomic mass is 16.5. The van der Waals surface area contributed by atoms with E-state index in [1.54, 1.807) is 18.2 Å². The first kappa shape index (κ1) is 23.9. The van der Waals surface area contributed by atoms with Gasteiger partial charge in [0.25, 0.3) is 11.8 Å². The number of carbonyl (C=O) groups excluding carboxylic acids is 2. The quantitative estimate of drug-likeness (QED) is 0.697. The Bertz CT molecular complexity index is 1010. The molecule has 1 aliphatic rings. The number of nitrogens with one attached hydrogen (secondary N) is 1. The number of nitriles is 1. The summed E-state index contributed by atoms with van der Waals surface area (Å²) in [7, 11) is 1.51. The fraction of sp³-hybridized carbons (Fsp3) is 0.400. The number of methoxy groups -OCH3 is 1. The minimum atomic E-state index is -0.219. The smallest absolute Gasteiger partial charge is 0.258 e. The third kappa shape index (κ3) is 6.39. The van der Waals surface area contributed by atoms with Gasteiger partial charge in [-0.15, -0.1) is 0 Å². The molecule has 0 saturated carbocycles. The van der Waals surface area contributed by atoms with Crippen molar-refractivity contribution in [3.8, 4) is 17.6 Å². The van der Waals surface area contributed by atoms with Crippen molar-refractivity contribution in [3.63, 3.8) is 0 Å². The lowest BCUT2D eigenvalue weighted by Gasteiger charge is -2.24. The highest BCUT2D eigenvalue weighted by Crippen LogP contribution is 2.29. The topological polar surface area (TPSA) is 94.9 Å². The van der Waals surface area contributed by atoms with E-state index in [1.165, 1.54) is 7.11 Å². The van der Waals surface area contributed by atoms with Crippen LogP contribution in [0.15, 0.2) is 42.5 Å². The van der Waals surface area contributed by atoms with Gasteiger partial charge in [0.2, 0.25) is 0 Å². The Morgan fingerprint density at radius 3 is 2.48 bits per heavy atom. The van der Waals surface area contributed by atoms with Gasteiger partial charge >= 0.3 is 0 Å². The molecule has 1 aliphatic heterocycles. The van der Waals surface area contributed by atoms with Gasteiger partial charge in [-0.2, -0.15) is 5.26 Å². The molecule has 0 bridgehead atoms. The van der Waals surface area contributed by atoms with Crippen molar-refractivity contribution in [2.75, 3.05) is 44.8 Å². The second kappa shape index (κ2) is 11.2. The van der Waals surface area contributed by atoms with Crippen LogP contribution in [0.1, 0.15) is 36.2 Å². The fourth-order valence-corrected chi connectivity index (χ4v) is 3.73. The van der Waals surface area contributed by atoms with Crippen LogP contribution >= 0.6 is 0 Å². The van der Waals surface area contributed by atoms with Crippen LogP contribution in [-0.4, -0.2) is 62.7 Å². The van der Waals surface area contributed by atoms with Crippen molar-refractivity contribution in [1.29, 1.82) is 5.26 Å². The lowest BCUT2D eigenvalue weighted by Crippen LogP contribution is -2.35. The van der Waals surface area contributed by atoms with E-state index in [4.69, 9.17) is 14.7 Å². The average molecular weight is 451 g/mol. The zero-order chi connectivity index (χ0) is 23.8. The fourth-order valence-electron chi connectivity index (χ4n) is 3.73. The van der Waals surface area contributed by atoms with Crippen molar-refractivity contribution in [2.24, 2.45) is 0 Å². The number of anilines is 1. The first-order valence-corrected chi connectivity index (χ1v) is 11.1. The predicted octanol–water partition coefficient (Wildman–Crippen LogP) is 2.82. The van der Waals surface area contributed by atoms with Crippen molar-refractivity contribution in [2.45, 2.75) is 26.3 Å². The van der Waals surface area contributed by atoms with E-state index < -0.39 is 0 Å². The maximum Gasteiger partial charge on any atom is 0.258 e. The van der Waals surface area contributed by atoms with Crippen LogP contribution < -0.4 is 19.7 Å². The van der Waals surface area contributed by atoms with Gasteiger partial charge in [-0.05, 0) is 62.7 Å². The van der Waals surface area contributed by atoms with Crippen molar-refractivity contribution < 1.29 is 19.1 Å². The normalized spacial score (nSPS) is 13.8. The molecule has 0 aliphatic carbocycles. The van der Waals surface area contributed by atoms with E-state index in [0.717, 1.165) is 18.7 Å². The van der Waals surface area contributed by atoms with Gasteiger partial charge < -0.3 is 24.6 Å². The van der Waals surface area contributed by atoms with E-state index in [9.17, 15) is 9.59 Å². The number of hydrogen-bond donors (Lipinski definition) is 1. The summed E-state index contributed by atoms with van der Waals surface area (Å²) >= 11 is 0. The van der Waals surface area contributed by atoms with Crippen molar-refractivity contribution in [1.82, 2.24) is 10.2 Å². The molecule has 1 fully saturated rings. The van der Waals surface area contributed by atoms with Crippen LogP contribution in [0.5, 0.6) is 11.5 Å². The van der Waals surface area contributed by atoms with Gasteiger partial charge in [-0.25, -0.2) is 0 Å². The Hall–Kier alpha value is -3.73. The first-order chi connectivity index (χ1) is 15.9. The molecule has 0 spiro atoms. The van der Waals surface area contributed by atoms with Crippen LogP contribution in [0.4, 0.5) is 5.69 Å². The molecule has 0 aromatic heterocycles. The highest BCUT2D eigenvalue weighted by molar-refractivity contribution is 5.95. The van der Waals surface area contributed by atoms with E-state index >= 15 is 0 Å². The standard InChI is InChI=1S/C25H30N4O4/c1-18(2)27-24(30)17-33-22-10-7-20(15-23(22)32-3)25(31)29-12-4-11-28(13-14-29)21-8-5-19(16-26)6-9-21/h5-10,15,18H,4,11-14,17H2,1-3H3,(H,27,30). The molecule has 8 heteroatoms. The SMILES string of the molecule is COc1cc(C(=O)N2CCCN(c3ccc(C#N)cc3)CC2)ccc1OCC(=O)NC(C)C.